The molecule has 0 aromatic heterocycles. The fraction of sp³-hybridized carbons (Fsp3) is 0.857. The Balaban J connectivity index is 0.00000169. The van der Waals surface area contributed by atoms with Gasteiger partial charge < -0.3 is 15.5 Å². The number of carboxylic acid groups (broad SMARTS) is 1. The van der Waals surface area contributed by atoms with Crippen LogP contribution in [0.4, 0.5) is 8.78 Å². The number of aliphatic hydroxyl groups is 1. The van der Waals surface area contributed by atoms with Gasteiger partial charge >= 0.3 is 11.9 Å². The second-order valence-corrected chi connectivity index (χ2v) is 3.16. The summed E-state index contributed by atoms with van der Waals surface area (Å²) < 4.78 is 25.9. The minimum absolute atomic E-state index is 0. The Hall–Kier alpha value is -0.460. The van der Waals surface area contributed by atoms with Crippen molar-refractivity contribution in [2.75, 3.05) is 13.1 Å². The molecule has 7 heteroatoms. The summed E-state index contributed by atoms with van der Waals surface area (Å²) in [6.45, 7) is 0.415. The van der Waals surface area contributed by atoms with Gasteiger partial charge in [-0.15, -0.1) is 12.4 Å². The van der Waals surface area contributed by atoms with Crippen LogP contribution in [0.15, 0.2) is 0 Å². The molecule has 0 atom stereocenters. The van der Waals surface area contributed by atoms with Crippen molar-refractivity contribution >= 4 is 18.4 Å². The SMILES string of the molecule is Cl.O=C(O)C(F)(F)C1(O)CCNCC1. The number of halogens is 3. The molecule has 0 saturated carbocycles. The Kier molecular flexibility index (Phi) is 4.23. The van der Waals surface area contributed by atoms with Gasteiger partial charge in [0.1, 0.15) is 5.60 Å². The molecule has 0 aliphatic carbocycles. The van der Waals surface area contributed by atoms with Crippen molar-refractivity contribution in [3.05, 3.63) is 0 Å². The lowest BCUT2D eigenvalue weighted by Gasteiger charge is -2.36. The smallest absolute Gasteiger partial charge is 0.377 e. The van der Waals surface area contributed by atoms with Crippen molar-refractivity contribution in [1.29, 1.82) is 0 Å². The number of hydrogen-bond donors (Lipinski definition) is 3. The van der Waals surface area contributed by atoms with Gasteiger partial charge in [-0.3, -0.25) is 0 Å². The average molecular weight is 232 g/mol. The summed E-state index contributed by atoms with van der Waals surface area (Å²) in [4.78, 5) is 10.2. The molecule has 1 heterocycles. The molecular weight excluding hydrogens is 220 g/mol. The summed E-state index contributed by atoms with van der Waals surface area (Å²) in [5.74, 6) is -6.33. The lowest BCUT2D eigenvalue weighted by molar-refractivity contribution is -0.214. The highest BCUT2D eigenvalue weighted by atomic mass is 35.5. The Bertz CT molecular complexity index is 219. The van der Waals surface area contributed by atoms with Crippen molar-refractivity contribution in [2.24, 2.45) is 0 Å². The van der Waals surface area contributed by atoms with Crippen LogP contribution in [0.1, 0.15) is 12.8 Å². The third-order valence-corrected chi connectivity index (χ3v) is 2.28. The standard InChI is InChI=1S/C7H11F2NO3.ClH/c8-7(9,5(11)12)6(13)1-3-10-4-2-6;/h10,13H,1-4H2,(H,11,12);1H. The van der Waals surface area contributed by atoms with Gasteiger partial charge in [0.15, 0.2) is 0 Å². The highest BCUT2D eigenvalue weighted by Gasteiger charge is 2.58. The van der Waals surface area contributed by atoms with Crippen LogP contribution in [0.25, 0.3) is 0 Å². The molecule has 0 spiro atoms. The monoisotopic (exact) mass is 231 g/mol. The normalized spacial score (nSPS) is 21.1. The second kappa shape index (κ2) is 4.37. The number of alkyl halides is 2. The van der Waals surface area contributed by atoms with Gasteiger partial charge in [0, 0.05) is 0 Å². The molecule has 84 valence electrons. The molecule has 0 radical (unpaired) electrons. The first-order valence-electron chi connectivity index (χ1n) is 3.94. The maximum absolute atomic E-state index is 12.9. The van der Waals surface area contributed by atoms with E-state index in [1.807, 2.05) is 0 Å². The van der Waals surface area contributed by atoms with Crippen LogP contribution in [0, 0.1) is 0 Å². The summed E-state index contributed by atoms with van der Waals surface area (Å²) in [6, 6.07) is 0. The van der Waals surface area contributed by atoms with Crippen molar-refractivity contribution < 1.29 is 23.8 Å². The molecule has 1 aliphatic heterocycles. The van der Waals surface area contributed by atoms with E-state index in [1.54, 1.807) is 0 Å². The number of nitrogens with one attached hydrogen (secondary N) is 1. The summed E-state index contributed by atoms with van der Waals surface area (Å²) in [5.41, 5.74) is -2.40. The van der Waals surface area contributed by atoms with Crippen LogP contribution in [-0.2, 0) is 4.79 Å². The van der Waals surface area contributed by atoms with E-state index in [2.05, 4.69) is 5.32 Å². The summed E-state index contributed by atoms with van der Waals surface area (Å²) in [5, 5.41) is 20.4. The number of rotatable bonds is 2. The fourth-order valence-corrected chi connectivity index (χ4v) is 1.35. The highest BCUT2D eigenvalue weighted by Crippen LogP contribution is 2.35. The topological polar surface area (TPSA) is 69.6 Å². The van der Waals surface area contributed by atoms with Crippen LogP contribution in [0.3, 0.4) is 0 Å². The van der Waals surface area contributed by atoms with Gasteiger partial charge in [0.05, 0.1) is 0 Å². The van der Waals surface area contributed by atoms with Crippen LogP contribution in [0.2, 0.25) is 0 Å². The first-order chi connectivity index (χ1) is 5.90. The molecule has 1 rings (SSSR count). The first kappa shape index (κ1) is 13.5. The van der Waals surface area contributed by atoms with E-state index in [0.29, 0.717) is 0 Å². The minimum Gasteiger partial charge on any atom is -0.477 e. The fourth-order valence-electron chi connectivity index (χ4n) is 1.35. The molecular formula is C7H12ClF2NO3. The van der Waals surface area contributed by atoms with E-state index >= 15 is 0 Å². The van der Waals surface area contributed by atoms with Gasteiger partial charge in [-0.25, -0.2) is 4.79 Å². The van der Waals surface area contributed by atoms with E-state index in [4.69, 9.17) is 5.11 Å². The van der Waals surface area contributed by atoms with E-state index in [9.17, 15) is 18.7 Å². The number of piperidine rings is 1. The largest absolute Gasteiger partial charge is 0.477 e. The van der Waals surface area contributed by atoms with E-state index < -0.39 is 17.5 Å². The van der Waals surface area contributed by atoms with Crippen LogP contribution in [0.5, 0.6) is 0 Å². The predicted molar refractivity (Wildman–Crippen MR) is 46.9 cm³/mol. The molecule has 0 amide bonds. The van der Waals surface area contributed by atoms with Crippen molar-refractivity contribution in [1.82, 2.24) is 5.32 Å². The van der Waals surface area contributed by atoms with Gasteiger partial charge in [-0.2, -0.15) is 8.78 Å². The number of hydrogen-bond acceptors (Lipinski definition) is 3. The molecule has 0 aromatic rings. The van der Waals surface area contributed by atoms with E-state index in [-0.39, 0.29) is 38.3 Å². The zero-order valence-corrected chi connectivity index (χ0v) is 8.11. The van der Waals surface area contributed by atoms with Crippen molar-refractivity contribution in [2.45, 2.75) is 24.4 Å². The van der Waals surface area contributed by atoms with E-state index in [0.717, 1.165) is 0 Å². The zero-order chi connectivity index (χ0) is 10.1. The lowest BCUT2D eigenvalue weighted by Crippen LogP contribution is -2.57. The van der Waals surface area contributed by atoms with Crippen molar-refractivity contribution in [3.63, 3.8) is 0 Å². The number of aliphatic carboxylic acids is 1. The molecule has 0 unspecified atom stereocenters. The quantitative estimate of drug-likeness (QED) is 0.637. The molecule has 0 aromatic carbocycles. The Morgan fingerprint density at radius 1 is 1.36 bits per heavy atom. The Morgan fingerprint density at radius 2 is 1.79 bits per heavy atom. The molecule has 14 heavy (non-hydrogen) atoms. The van der Waals surface area contributed by atoms with Gasteiger partial charge in [0.25, 0.3) is 0 Å². The lowest BCUT2D eigenvalue weighted by atomic mass is 9.86. The van der Waals surface area contributed by atoms with E-state index in [1.165, 1.54) is 0 Å². The van der Waals surface area contributed by atoms with Crippen LogP contribution in [-0.4, -0.2) is 40.8 Å². The third-order valence-electron chi connectivity index (χ3n) is 2.28. The van der Waals surface area contributed by atoms with Gasteiger partial charge in [-0.05, 0) is 25.9 Å². The molecule has 1 aliphatic rings. The average Bonchev–Trinajstić information content (AvgIpc) is 2.05. The molecule has 0 bridgehead atoms. The summed E-state index contributed by atoms with van der Waals surface area (Å²) in [6.07, 6.45) is -0.487. The molecule has 3 N–H and O–H groups in total. The zero-order valence-electron chi connectivity index (χ0n) is 7.30. The number of carboxylic acids is 1. The third kappa shape index (κ3) is 2.13. The maximum Gasteiger partial charge on any atom is 0.377 e. The Morgan fingerprint density at radius 3 is 2.14 bits per heavy atom. The summed E-state index contributed by atoms with van der Waals surface area (Å²) in [7, 11) is 0. The predicted octanol–water partition coefficient (Wildman–Crippen LogP) is 0.243. The first-order valence-corrected chi connectivity index (χ1v) is 3.94. The molecule has 1 fully saturated rings. The molecule has 4 nitrogen and oxygen atoms in total. The van der Waals surface area contributed by atoms with Crippen molar-refractivity contribution in [3.8, 4) is 0 Å². The highest BCUT2D eigenvalue weighted by molar-refractivity contribution is 5.85. The van der Waals surface area contributed by atoms with Gasteiger partial charge in [0.2, 0.25) is 0 Å². The summed E-state index contributed by atoms with van der Waals surface area (Å²) >= 11 is 0. The number of carbonyl (C=O) groups is 1. The molecule has 1 saturated heterocycles. The maximum atomic E-state index is 12.9. The minimum atomic E-state index is -4.06. The second-order valence-electron chi connectivity index (χ2n) is 3.16. The Labute approximate surface area is 85.7 Å². The van der Waals surface area contributed by atoms with Crippen LogP contribution >= 0.6 is 12.4 Å². The van der Waals surface area contributed by atoms with Gasteiger partial charge in [-0.1, -0.05) is 0 Å². The van der Waals surface area contributed by atoms with Crippen LogP contribution < -0.4 is 5.32 Å².